The molecule has 2 N–H and O–H groups in total. The van der Waals surface area contributed by atoms with Crippen LogP contribution in [0.4, 0.5) is 18.9 Å². The molecule has 0 amide bonds. The maximum Gasteiger partial charge on any atom is 0.416 e. The smallest absolute Gasteiger partial charge is 0.416 e. The molecule has 0 aliphatic heterocycles. The molecule has 1 aromatic carbocycles. The molecule has 3 rings (SSSR count). The van der Waals surface area contributed by atoms with E-state index in [9.17, 15) is 23.3 Å². The summed E-state index contributed by atoms with van der Waals surface area (Å²) in [6.07, 6.45) is -3.29. The Morgan fingerprint density at radius 1 is 1.28 bits per heavy atom. The molecule has 130 valence electrons. The Hall–Kier alpha value is -3.02. The number of aromatic nitrogens is 3. The van der Waals surface area contributed by atoms with Crippen molar-refractivity contribution in [3.8, 4) is 11.6 Å². The van der Waals surface area contributed by atoms with Crippen molar-refractivity contribution in [3.05, 3.63) is 52.3 Å². The number of nitrogens with zero attached hydrogens (tertiary/aromatic N) is 4. The molecule has 2 aromatic heterocycles. The first-order chi connectivity index (χ1) is 11.8. The monoisotopic (exact) mass is 371 g/mol. The molecule has 3 aromatic rings. The van der Waals surface area contributed by atoms with Gasteiger partial charge in [0.15, 0.2) is 5.76 Å². The molecule has 25 heavy (non-hydrogen) atoms. The van der Waals surface area contributed by atoms with Crippen LogP contribution < -0.4 is 5.84 Å². The van der Waals surface area contributed by atoms with E-state index in [0.717, 1.165) is 28.6 Å². The number of hydrogen-bond acceptors (Lipinski definition) is 7. The highest BCUT2D eigenvalue weighted by Gasteiger charge is 2.33. The predicted molar refractivity (Wildman–Crippen MR) is 80.1 cm³/mol. The Balaban J connectivity index is 1.97. The number of furan rings is 1. The van der Waals surface area contributed by atoms with Gasteiger partial charge in [0, 0.05) is 6.07 Å². The number of alkyl halides is 3. The van der Waals surface area contributed by atoms with Crippen molar-refractivity contribution in [1.29, 1.82) is 0 Å². The van der Waals surface area contributed by atoms with E-state index < -0.39 is 22.4 Å². The van der Waals surface area contributed by atoms with Gasteiger partial charge in [0.2, 0.25) is 11.0 Å². The van der Waals surface area contributed by atoms with Crippen LogP contribution in [0.3, 0.4) is 0 Å². The van der Waals surface area contributed by atoms with Crippen LogP contribution in [0.15, 0.2) is 51.1 Å². The van der Waals surface area contributed by atoms with Crippen LogP contribution >= 0.6 is 11.8 Å². The standard InChI is InChI=1S/C13H8F3N5O3S/c14-13(15,16)7-3-4-10(8(6-7)21(22)23)25-12-19-18-11(20(12)17)9-2-1-5-24-9/h1-6H,17H2. The Morgan fingerprint density at radius 2 is 2.04 bits per heavy atom. The van der Waals surface area contributed by atoms with Crippen molar-refractivity contribution >= 4 is 17.4 Å². The van der Waals surface area contributed by atoms with Crippen LogP contribution in [0.1, 0.15) is 5.56 Å². The minimum Gasteiger partial charge on any atom is -0.461 e. The van der Waals surface area contributed by atoms with Crippen molar-refractivity contribution < 1.29 is 22.5 Å². The Kier molecular flexibility index (Phi) is 4.12. The summed E-state index contributed by atoms with van der Waals surface area (Å²) in [6, 6.07) is 5.40. The van der Waals surface area contributed by atoms with Crippen molar-refractivity contribution in [1.82, 2.24) is 14.9 Å². The number of benzene rings is 1. The minimum absolute atomic E-state index is 0.0502. The average Bonchev–Trinajstić information content (AvgIpc) is 3.17. The lowest BCUT2D eigenvalue weighted by Crippen LogP contribution is -2.11. The van der Waals surface area contributed by atoms with E-state index in [2.05, 4.69) is 10.2 Å². The number of nitrogens with two attached hydrogens (primary N) is 1. The molecule has 0 fully saturated rings. The van der Waals surface area contributed by atoms with Gasteiger partial charge in [-0.25, -0.2) is 4.68 Å². The molecule has 0 radical (unpaired) electrons. The van der Waals surface area contributed by atoms with E-state index in [4.69, 9.17) is 10.3 Å². The van der Waals surface area contributed by atoms with Gasteiger partial charge in [0.1, 0.15) is 0 Å². The van der Waals surface area contributed by atoms with Gasteiger partial charge in [0.25, 0.3) is 5.69 Å². The summed E-state index contributed by atoms with van der Waals surface area (Å²) in [7, 11) is 0. The molecule has 0 aliphatic carbocycles. The van der Waals surface area contributed by atoms with Gasteiger partial charge in [-0.05, 0) is 36.0 Å². The Labute approximate surface area is 141 Å². The molecular weight excluding hydrogens is 363 g/mol. The fourth-order valence-corrected chi connectivity index (χ4v) is 2.78. The van der Waals surface area contributed by atoms with Gasteiger partial charge in [0.05, 0.1) is 21.6 Å². The molecule has 8 nitrogen and oxygen atoms in total. The normalized spacial score (nSPS) is 11.6. The van der Waals surface area contributed by atoms with Gasteiger partial charge in [-0.1, -0.05) is 0 Å². The van der Waals surface area contributed by atoms with Crippen molar-refractivity contribution in [3.63, 3.8) is 0 Å². The number of hydrogen-bond donors (Lipinski definition) is 1. The van der Waals surface area contributed by atoms with Gasteiger partial charge >= 0.3 is 6.18 Å². The lowest BCUT2D eigenvalue weighted by atomic mass is 10.2. The second-order valence-corrected chi connectivity index (χ2v) is 5.70. The summed E-state index contributed by atoms with van der Waals surface area (Å²) >= 11 is 0.720. The topological polar surface area (TPSA) is 113 Å². The third-order valence-electron chi connectivity index (χ3n) is 3.09. The molecule has 0 unspecified atom stereocenters. The van der Waals surface area contributed by atoms with Gasteiger partial charge < -0.3 is 10.3 Å². The van der Waals surface area contributed by atoms with E-state index >= 15 is 0 Å². The predicted octanol–water partition coefficient (Wildman–Crippen LogP) is 3.33. The third kappa shape index (κ3) is 3.28. The summed E-state index contributed by atoms with van der Waals surface area (Å²) in [4.78, 5) is 10.2. The lowest BCUT2D eigenvalue weighted by molar-refractivity contribution is -0.388. The summed E-state index contributed by atoms with van der Waals surface area (Å²) in [5.41, 5.74) is -1.82. The van der Waals surface area contributed by atoms with Crippen molar-refractivity contribution in [2.45, 2.75) is 16.2 Å². The van der Waals surface area contributed by atoms with Crippen LogP contribution in [-0.2, 0) is 6.18 Å². The zero-order chi connectivity index (χ0) is 18.2. The van der Waals surface area contributed by atoms with Crippen LogP contribution in [0, 0.1) is 10.1 Å². The first-order valence-corrected chi connectivity index (χ1v) is 7.37. The molecule has 0 atom stereocenters. The van der Waals surface area contributed by atoms with E-state index in [-0.39, 0.29) is 15.9 Å². The summed E-state index contributed by atoms with van der Waals surface area (Å²) in [6.45, 7) is 0. The lowest BCUT2D eigenvalue weighted by Gasteiger charge is -2.08. The number of nitro groups is 1. The highest BCUT2D eigenvalue weighted by Crippen LogP contribution is 2.38. The van der Waals surface area contributed by atoms with Crippen molar-refractivity contribution in [2.24, 2.45) is 0 Å². The van der Waals surface area contributed by atoms with E-state index in [1.807, 2.05) is 0 Å². The molecule has 0 bridgehead atoms. The maximum atomic E-state index is 12.7. The molecular formula is C13H8F3N5O3S. The molecule has 12 heteroatoms. The maximum absolute atomic E-state index is 12.7. The zero-order valence-corrected chi connectivity index (χ0v) is 12.9. The van der Waals surface area contributed by atoms with Gasteiger partial charge in [-0.15, -0.1) is 10.2 Å². The highest BCUT2D eigenvalue weighted by molar-refractivity contribution is 7.99. The van der Waals surface area contributed by atoms with Crippen LogP contribution in [0.25, 0.3) is 11.6 Å². The fraction of sp³-hybridized carbons (Fsp3) is 0.0769. The Morgan fingerprint density at radius 3 is 2.64 bits per heavy atom. The molecule has 0 spiro atoms. The summed E-state index contributed by atoms with van der Waals surface area (Å²) in [5, 5.41) is 18.7. The Bertz CT molecular complexity index is 924. The highest BCUT2D eigenvalue weighted by atomic mass is 32.2. The van der Waals surface area contributed by atoms with Gasteiger partial charge in [-0.2, -0.15) is 13.2 Å². The molecule has 0 aliphatic rings. The van der Waals surface area contributed by atoms with Crippen molar-refractivity contribution in [2.75, 3.05) is 5.84 Å². The number of nitrogen functional groups attached to an aromatic ring is 1. The minimum atomic E-state index is -4.69. The molecule has 0 saturated heterocycles. The second kappa shape index (κ2) is 6.12. The largest absolute Gasteiger partial charge is 0.461 e. The van der Waals surface area contributed by atoms with Gasteiger partial charge in [-0.3, -0.25) is 10.1 Å². The third-order valence-corrected chi connectivity index (χ3v) is 4.12. The second-order valence-electron chi connectivity index (χ2n) is 4.69. The first kappa shape index (κ1) is 16.8. The van der Waals surface area contributed by atoms with Crippen LogP contribution in [0.5, 0.6) is 0 Å². The van der Waals surface area contributed by atoms with E-state index in [1.54, 1.807) is 12.1 Å². The first-order valence-electron chi connectivity index (χ1n) is 6.55. The van der Waals surface area contributed by atoms with Crippen LogP contribution in [0.2, 0.25) is 0 Å². The average molecular weight is 371 g/mol. The van der Waals surface area contributed by atoms with E-state index in [0.29, 0.717) is 11.8 Å². The van der Waals surface area contributed by atoms with E-state index in [1.165, 1.54) is 6.26 Å². The SMILES string of the molecule is Nn1c(Sc2ccc(C(F)(F)F)cc2[N+](=O)[O-])nnc1-c1ccco1. The number of halogens is 3. The fourth-order valence-electron chi connectivity index (χ4n) is 1.94. The van der Waals surface area contributed by atoms with Crippen LogP contribution in [-0.4, -0.2) is 19.8 Å². The quantitative estimate of drug-likeness (QED) is 0.425. The molecule has 2 heterocycles. The summed E-state index contributed by atoms with van der Waals surface area (Å²) in [5.74, 6) is 6.32. The molecule has 0 saturated carbocycles. The number of nitro benzene ring substituents is 1. The summed E-state index contributed by atoms with van der Waals surface area (Å²) < 4.78 is 44.4. The number of rotatable bonds is 4. The zero-order valence-electron chi connectivity index (χ0n) is 12.1.